The molecule has 1 fully saturated rings. The number of alkyl halides is 3. The first-order chi connectivity index (χ1) is 20.3. The minimum Gasteiger partial charge on any atom is -0.427 e. The quantitative estimate of drug-likeness (QED) is 0.255. The van der Waals surface area contributed by atoms with Crippen LogP contribution in [0.2, 0.25) is 0 Å². The van der Waals surface area contributed by atoms with E-state index < -0.39 is 66.5 Å². The molecule has 2 aromatic carbocycles. The number of fused-ring (bicyclic) bond motifs is 2. The van der Waals surface area contributed by atoms with E-state index in [0.717, 1.165) is 44.7 Å². The van der Waals surface area contributed by atoms with Crippen LogP contribution in [-0.2, 0) is 37.7 Å². The van der Waals surface area contributed by atoms with Crippen molar-refractivity contribution in [3.05, 3.63) is 70.5 Å². The highest BCUT2D eigenvalue weighted by molar-refractivity contribution is 6.06. The minimum atomic E-state index is -4.80. The summed E-state index contributed by atoms with van der Waals surface area (Å²) in [7, 11) is 0. The Morgan fingerprint density at radius 2 is 1.79 bits per heavy atom. The van der Waals surface area contributed by atoms with E-state index in [0.29, 0.717) is 39.3 Å². The van der Waals surface area contributed by atoms with Crippen LogP contribution in [-0.4, -0.2) is 52.4 Å². The average molecular weight is 606 g/mol. The summed E-state index contributed by atoms with van der Waals surface area (Å²) in [5, 5.41) is 0. The van der Waals surface area contributed by atoms with Crippen molar-refractivity contribution in [1.82, 2.24) is 9.80 Å². The first-order valence-electron chi connectivity index (χ1n) is 14.4. The summed E-state index contributed by atoms with van der Waals surface area (Å²) >= 11 is 0. The van der Waals surface area contributed by atoms with Gasteiger partial charge < -0.3 is 15.4 Å². The van der Waals surface area contributed by atoms with Gasteiger partial charge in [-0.25, -0.2) is 14.1 Å². The van der Waals surface area contributed by atoms with Crippen LogP contribution >= 0.6 is 0 Å². The molecule has 4 amide bonds. The lowest BCUT2D eigenvalue weighted by atomic mass is 9.88. The summed E-state index contributed by atoms with van der Waals surface area (Å²) in [5.41, 5.74) is 6.00. The Hall–Kier alpha value is -3.96. The Balaban J connectivity index is 1.54. The molecule has 1 unspecified atom stereocenters. The third-order valence-electron chi connectivity index (χ3n) is 8.30. The first-order valence-corrected chi connectivity index (χ1v) is 14.4. The molecule has 2 aromatic rings. The number of unbranched alkanes of at least 4 members (excludes halogenated alkanes) is 3. The molecular formula is C31H35F4N3O5. The molecule has 1 spiro atoms. The molecule has 0 aromatic heterocycles. The number of benzene rings is 2. The van der Waals surface area contributed by atoms with Crippen LogP contribution < -0.4 is 5.73 Å². The van der Waals surface area contributed by atoms with Gasteiger partial charge in [-0.2, -0.15) is 13.2 Å². The second-order valence-corrected chi connectivity index (χ2v) is 11.2. The summed E-state index contributed by atoms with van der Waals surface area (Å²) in [5.74, 6) is -3.54. The highest BCUT2D eigenvalue weighted by Crippen LogP contribution is 2.46. The van der Waals surface area contributed by atoms with Crippen LogP contribution in [0.25, 0.3) is 0 Å². The van der Waals surface area contributed by atoms with E-state index in [2.05, 4.69) is 6.92 Å². The molecule has 0 bridgehead atoms. The van der Waals surface area contributed by atoms with E-state index in [4.69, 9.17) is 10.5 Å². The van der Waals surface area contributed by atoms with Gasteiger partial charge in [-0.15, -0.1) is 0 Å². The Morgan fingerprint density at radius 3 is 2.42 bits per heavy atom. The zero-order chi connectivity index (χ0) is 31.5. The van der Waals surface area contributed by atoms with Crippen molar-refractivity contribution in [2.75, 3.05) is 6.54 Å². The van der Waals surface area contributed by atoms with Gasteiger partial charge in [0.15, 0.2) is 0 Å². The van der Waals surface area contributed by atoms with Crippen molar-refractivity contribution >= 4 is 23.8 Å². The third-order valence-corrected chi connectivity index (χ3v) is 8.30. The fourth-order valence-corrected chi connectivity index (χ4v) is 5.77. The molecule has 4 rings (SSSR count). The van der Waals surface area contributed by atoms with Crippen molar-refractivity contribution in [1.29, 1.82) is 0 Å². The van der Waals surface area contributed by atoms with Crippen molar-refractivity contribution < 1.29 is 41.5 Å². The molecular weight excluding hydrogens is 570 g/mol. The molecule has 8 nitrogen and oxygen atoms in total. The molecule has 3 atom stereocenters. The largest absolute Gasteiger partial charge is 0.427 e. The van der Waals surface area contributed by atoms with Crippen LogP contribution in [0.5, 0.6) is 0 Å². The maximum Gasteiger partial charge on any atom is 0.418 e. The smallest absolute Gasteiger partial charge is 0.418 e. The van der Waals surface area contributed by atoms with Gasteiger partial charge in [0, 0.05) is 18.5 Å². The molecule has 2 N–H and O–H groups in total. The van der Waals surface area contributed by atoms with E-state index >= 15 is 0 Å². The number of rotatable bonds is 12. The second-order valence-electron chi connectivity index (χ2n) is 11.2. The number of carbonyl (C=O) groups excluding carboxylic acids is 4. The van der Waals surface area contributed by atoms with Crippen LogP contribution in [0, 0.1) is 5.82 Å². The highest BCUT2D eigenvalue weighted by atomic mass is 19.4. The number of ether oxygens (including phenoxy) is 1. The number of nitrogens with two attached hydrogens (primary N) is 1. The Bertz CT molecular complexity index is 1380. The maximum atomic E-state index is 13.7. The van der Waals surface area contributed by atoms with Crippen molar-refractivity contribution in [2.24, 2.45) is 5.73 Å². The Labute approximate surface area is 247 Å². The van der Waals surface area contributed by atoms with Gasteiger partial charge in [-0.1, -0.05) is 62.9 Å². The topological polar surface area (TPSA) is 110 Å². The lowest BCUT2D eigenvalue weighted by Gasteiger charge is -2.31. The monoisotopic (exact) mass is 605 g/mol. The van der Waals surface area contributed by atoms with Crippen molar-refractivity contribution in [3.63, 3.8) is 0 Å². The Morgan fingerprint density at radius 1 is 1.09 bits per heavy atom. The van der Waals surface area contributed by atoms with Gasteiger partial charge in [-0.05, 0) is 48.6 Å². The molecule has 232 valence electrons. The lowest BCUT2D eigenvalue weighted by molar-refractivity contribution is -0.187. The van der Waals surface area contributed by atoms with E-state index in [9.17, 15) is 36.7 Å². The molecule has 12 heteroatoms. The number of nitrogens with zero attached hydrogens (tertiary/aromatic N) is 2. The number of amides is 4. The molecule has 1 saturated heterocycles. The number of hydrogen-bond donors (Lipinski definition) is 1. The van der Waals surface area contributed by atoms with Crippen LogP contribution in [0.4, 0.5) is 22.4 Å². The number of carbonyl (C=O) groups is 4. The van der Waals surface area contributed by atoms with Crippen molar-refractivity contribution in [2.45, 2.75) is 89.1 Å². The van der Waals surface area contributed by atoms with Gasteiger partial charge in [0.05, 0.1) is 5.92 Å². The summed E-state index contributed by atoms with van der Waals surface area (Å²) in [4.78, 5) is 53.0. The molecule has 43 heavy (non-hydrogen) atoms. The van der Waals surface area contributed by atoms with Gasteiger partial charge in [0.25, 0.3) is 5.91 Å². The van der Waals surface area contributed by atoms with Crippen LogP contribution in [0.15, 0.2) is 42.5 Å². The molecule has 0 radical (unpaired) electrons. The van der Waals surface area contributed by atoms with Crippen LogP contribution in [0.1, 0.15) is 80.5 Å². The van der Waals surface area contributed by atoms with Gasteiger partial charge in [-0.3, -0.25) is 14.4 Å². The summed E-state index contributed by atoms with van der Waals surface area (Å²) in [6.07, 6.45) is -1.05. The van der Waals surface area contributed by atoms with E-state index in [1.165, 1.54) is 12.1 Å². The standard InChI is InChI=1S/C31H35F4N3O5/c1-3-4-5-6-7-24(27(36)40)21-10-13-25-22(16-21)14-15-30(25)28(41)38(29(42)43-30)18-26(39)37(19(2)31(33,34)35)17-20-8-11-23(32)12-9-20/h8-13,16,19,24H,3-7,14-15,17-18H2,1-2H3,(H2,36,40)/t19-,24?,30+/m0/s1. The molecule has 0 saturated carbocycles. The van der Waals surface area contributed by atoms with Crippen LogP contribution in [0.3, 0.4) is 0 Å². The number of aryl methyl sites for hydroxylation is 1. The van der Waals surface area contributed by atoms with E-state index in [-0.39, 0.29) is 12.0 Å². The van der Waals surface area contributed by atoms with Gasteiger partial charge in [0.1, 0.15) is 18.4 Å². The SMILES string of the molecule is CCCCCCC(C(N)=O)c1ccc2c(c1)CC[C@@]21OC(=O)N(CC(=O)N(Cc2ccc(F)cc2)[C@@H](C)C(F)(F)F)C1=O. The maximum absolute atomic E-state index is 13.7. The minimum absolute atomic E-state index is 0.0804. The number of hydrogen-bond acceptors (Lipinski definition) is 5. The van der Waals surface area contributed by atoms with Crippen molar-refractivity contribution in [3.8, 4) is 0 Å². The Kier molecular flexibility index (Phi) is 9.46. The third kappa shape index (κ3) is 6.67. The number of primary amides is 1. The fourth-order valence-electron chi connectivity index (χ4n) is 5.77. The zero-order valence-corrected chi connectivity index (χ0v) is 24.1. The molecule has 2 aliphatic rings. The number of halogens is 4. The lowest BCUT2D eigenvalue weighted by Crippen LogP contribution is -2.51. The van der Waals surface area contributed by atoms with E-state index in [1.54, 1.807) is 18.2 Å². The van der Waals surface area contributed by atoms with E-state index in [1.807, 2.05) is 0 Å². The summed E-state index contributed by atoms with van der Waals surface area (Å²) in [6, 6.07) is 7.43. The normalized spacial score (nSPS) is 19.3. The predicted molar refractivity (Wildman–Crippen MR) is 148 cm³/mol. The molecule has 1 aliphatic heterocycles. The van der Waals surface area contributed by atoms with Gasteiger partial charge in [0.2, 0.25) is 17.4 Å². The average Bonchev–Trinajstić information content (AvgIpc) is 3.43. The number of imide groups is 1. The first kappa shape index (κ1) is 32.0. The molecule has 1 aliphatic carbocycles. The summed E-state index contributed by atoms with van der Waals surface area (Å²) < 4.78 is 59.9. The summed E-state index contributed by atoms with van der Waals surface area (Å²) in [6.45, 7) is 1.40. The highest BCUT2D eigenvalue weighted by Gasteiger charge is 2.58. The molecule has 1 heterocycles. The second kappa shape index (κ2) is 12.7. The van der Waals surface area contributed by atoms with Gasteiger partial charge >= 0.3 is 12.3 Å². The fraction of sp³-hybridized carbons (Fsp3) is 0.484. The zero-order valence-electron chi connectivity index (χ0n) is 24.1. The predicted octanol–water partition coefficient (Wildman–Crippen LogP) is 5.46.